The first kappa shape index (κ1) is 17.7. The van der Waals surface area contributed by atoms with Gasteiger partial charge in [-0.25, -0.2) is 8.78 Å². The van der Waals surface area contributed by atoms with Crippen LogP contribution < -0.4 is 5.32 Å². The minimum absolute atomic E-state index is 0.343. The van der Waals surface area contributed by atoms with Gasteiger partial charge >= 0.3 is 0 Å². The average Bonchev–Trinajstić information content (AvgIpc) is 2.44. The molecule has 0 aliphatic carbocycles. The van der Waals surface area contributed by atoms with Gasteiger partial charge < -0.3 is 5.32 Å². The molecule has 0 aromatic heterocycles. The molecule has 0 saturated carbocycles. The van der Waals surface area contributed by atoms with Crippen LogP contribution in [-0.2, 0) is 0 Å². The second kappa shape index (κ2) is 8.85. The Balaban J connectivity index is 2.65. The molecule has 1 amide bonds. The largest absolute Gasteiger partial charge is 0.352 e. The van der Waals surface area contributed by atoms with Crippen molar-refractivity contribution in [1.29, 1.82) is 0 Å². The number of nitrogens with one attached hydrogen (secondary N) is 1. The molecule has 0 fully saturated rings. The number of nitro groups is 1. The van der Waals surface area contributed by atoms with E-state index in [0.717, 1.165) is 30.1 Å². The smallest absolute Gasteiger partial charge is 0.285 e. The minimum Gasteiger partial charge on any atom is -0.352 e. The van der Waals surface area contributed by atoms with Gasteiger partial charge in [0, 0.05) is 6.54 Å². The number of nitro benzene ring substituents is 1. The third kappa shape index (κ3) is 5.52. The fourth-order valence-electron chi connectivity index (χ4n) is 1.74. The molecule has 0 radical (unpaired) electrons. The topological polar surface area (TPSA) is 72.2 Å². The number of hydrogen-bond acceptors (Lipinski definition) is 3. The zero-order valence-corrected chi connectivity index (χ0v) is 13.4. The second-order valence-corrected chi connectivity index (χ2v) is 5.48. The first-order valence-electron chi connectivity index (χ1n) is 6.45. The summed E-state index contributed by atoms with van der Waals surface area (Å²) in [5.74, 6) is -3.40. The van der Waals surface area contributed by atoms with Crippen molar-refractivity contribution in [2.24, 2.45) is 0 Å². The van der Waals surface area contributed by atoms with Gasteiger partial charge in [-0.15, -0.1) is 0 Å². The number of unbranched alkanes of at least 4 members (excludes halogenated alkanes) is 3. The molecule has 116 valence electrons. The Hall–Kier alpha value is -1.32. The van der Waals surface area contributed by atoms with Crippen LogP contribution in [0.1, 0.15) is 36.0 Å². The van der Waals surface area contributed by atoms with Crippen LogP contribution in [0.2, 0.25) is 0 Å². The molecule has 0 spiro atoms. The molecule has 0 unspecified atom stereocenters. The van der Waals surface area contributed by atoms with Crippen LogP contribution in [0.3, 0.4) is 0 Å². The number of nitrogens with zero attached hydrogens (tertiary/aromatic N) is 1. The molecule has 1 N–H and O–H groups in total. The van der Waals surface area contributed by atoms with Gasteiger partial charge in [-0.05, 0) is 23.3 Å². The summed E-state index contributed by atoms with van der Waals surface area (Å²) in [5.41, 5.74) is -1.21. The lowest BCUT2D eigenvalue weighted by molar-refractivity contribution is -0.385. The standard InChI is InChI=1S/C13H15F2IN2O3/c14-10-7-9(12(18(20)21)8-11(10)15)13(19)17-6-4-2-1-3-5-16/h7-8H,1-6H2,(H,17,19). The maximum absolute atomic E-state index is 13.1. The lowest BCUT2D eigenvalue weighted by Gasteiger charge is -2.06. The molecule has 0 aliphatic rings. The van der Waals surface area contributed by atoms with Crippen LogP contribution >= 0.6 is 22.6 Å². The third-order valence-corrected chi connectivity index (χ3v) is 3.59. The van der Waals surface area contributed by atoms with Gasteiger partial charge in [0.1, 0.15) is 5.56 Å². The van der Waals surface area contributed by atoms with Gasteiger partial charge in [0.05, 0.1) is 11.0 Å². The van der Waals surface area contributed by atoms with Crippen molar-refractivity contribution in [2.75, 3.05) is 11.0 Å². The Morgan fingerprint density at radius 2 is 1.81 bits per heavy atom. The Morgan fingerprint density at radius 1 is 1.19 bits per heavy atom. The lowest BCUT2D eigenvalue weighted by atomic mass is 10.1. The highest BCUT2D eigenvalue weighted by atomic mass is 127. The summed E-state index contributed by atoms with van der Waals surface area (Å²) in [6.07, 6.45) is 3.82. The molecule has 8 heteroatoms. The van der Waals surface area contributed by atoms with Crippen molar-refractivity contribution in [1.82, 2.24) is 5.32 Å². The van der Waals surface area contributed by atoms with E-state index >= 15 is 0 Å². The van der Waals surface area contributed by atoms with Gasteiger partial charge in [0.15, 0.2) is 11.6 Å². The van der Waals surface area contributed by atoms with Crippen molar-refractivity contribution < 1.29 is 18.5 Å². The number of halogens is 3. The molecule has 5 nitrogen and oxygen atoms in total. The van der Waals surface area contributed by atoms with Crippen LogP contribution in [-0.4, -0.2) is 21.8 Å². The molecule has 1 aromatic rings. The quantitative estimate of drug-likeness (QED) is 0.233. The lowest BCUT2D eigenvalue weighted by Crippen LogP contribution is -2.25. The van der Waals surface area contributed by atoms with Crippen LogP contribution in [0.5, 0.6) is 0 Å². The fourth-order valence-corrected chi connectivity index (χ4v) is 2.28. The zero-order valence-electron chi connectivity index (χ0n) is 11.2. The molecule has 0 saturated heterocycles. The van der Waals surface area contributed by atoms with Gasteiger partial charge in [0.2, 0.25) is 0 Å². The summed E-state index contributed by atoms with van der Waals surface area (Å²) in [6.45, 7) is 0.343. The van der Waals surface area contributed by atoms with Crippen molar-refractivity contribution in [3.05, 3.63) is 39.4 Å². The summed E-state index contributed by atoms with van der Waals surface area (Å²) in [5, 5.41) is 13.3. The van der Waals surface area contributed by atoms with E-state index in [1.54, 1.807) is 0 Å². The van der Waals surface area contributed by atoms with E-state index in [9.17, 15) is 23.7 Å². The van der Waals surface area contributed by atoms with Crippen LogP contribution in [0.15, 0.2) is 12.1 Å². The van der Waals surface area contributed by atoms with E-state index < -0.39 is 33.7 Å². The first-order chi connectivity index (χ1) is 9.97. The van der Waals surface area contributed by atoms with Crippen LogP contribution in [0, 0.1) is 21.7 Å². The summed E-state index contributed by atoms with van der Waals surface area (Å²) in [7, 11) is 0. The molecule has 0 aliphatic heterocycles. The molecular weight excluding hydrogens is 397 g/mol. The number of carbonyl (C=O) groups excluding carboxylic acids is 1. The maximum atomic E-state index is 13.1. The summed E-state index contributed by atoms with van der Waals surface area (Å²) in [4.78, 5) is 21.7. The predicted molar refractivity (Wildman–Crippen MR) is 82.7 cm³/mol. The number of rotatable bonds is 8. The van der Waals surface area contributed by atoms with Crippen molar-refractivity contribution >= 4 is 34.2 Å². The Morgan fingerprint density at radius 3 is 2.43 bits per heavy atom. The van der Waals surface area contributed by atoms with Crippen LogP contribution in [0.4, 0.5) is 14.5 Å². The van der Waals surface area contributed by atoms with E-state index in [0.29, 0.717) is 18.7 Å². The molecule has 21 heavy (non-hydrogen) atoms. The second-order valence-electron chi connectivity index (χ2n) is 4.40. The van der Waals surface area contributed by atoms with Crippen molar-refractivity contribution in [3.8, 4) is 0 Å². The Labute approximate surface area is 134 Å². The van der Waals surface area contributed by atoms with E-state index in [1.807, 2.05) is 0 Å². The van der Waals surface area contributed by atoms with Crippen molar-refractivity contribution in [2.45, 2.75) is 25.7 Å². The van der Waals surface area contributed by atoms with Crippen LogP contribution in [0.25, 0.3) is 0 Å². The number of benzene rings is 1. The third-order valence-electron chi connectivity index (χ3n) is 2.83. The Bertz CT molecular complexity index is 526. The highest BCUT2D eigenvalue weighted by Gasteiger charge is 2.23. The molecule has 0 heterocycles. The van der Waals surface area contributed by atoms with Gasteiger partial charge in [-0.3, -0.25) is 14.9 Å². The highest BCUT2D eigenvalue weighted by molar-refractivity contribution is 14.1. The van der Waals surface area contributed by atoms with E-state index in [-0.39, 0.29) is 0 Å². The minimum atomic E-state index is -1.35. The number of alkyl halides is 1. The number of carbonyl (C=O) groups is 1. The van der Waals surface area contributed by atoms with Gasteiger partial charge in [-0.1, -0.05) is 35.4 Å². The molecule has 0 atom stereocenters. The fraction of sp³-hybridized carbons (Fsp3) is 0.462. The van der Waals surface area contributed by atoms with E-state index in [2.05, 4.69) is 27.9 Å². The number of amides is 1. The molecule has 1 rings (SSSR count). The predicted octanol–water partition coefficient (Wildman–Crippen LogP) is 3.60. The zero-order chi connectivity index (χ0) is 15.8. The van der Waals surface area contributed by atoms with E-state index in [4.69, 9.17) is 0 Å². The monoisotopic (exact) mass is 412 g/mol. The summed E-state index contributed by atoms with van der Waals surface area (Å²) >= 11 is 2.28. The van der Waals surface area contributed by atoms with E-state index in [1.165, 1.54) is 0 Å². The maximum Gasteiger partial charge on any atom is 0.285 e. The Kier molecular flexibility index (Phi) is 7.48. The van der Waals surface area contributed by atoms with Crippen molar-refractivity contribution in [3.63, 3.8) is 0 Å². The first-order valence-corrected chi connectivity index (χ1v) is 7.97. The number of hydrogen-bond donors (Lipinski definition) is 1. The summed E-state index contributed by atoms with van der Waals surface area (Å²) < 4.78 is 27.2. The molecule has 0 bridgehead atoms. The average molecular weight is 412 g/mol. The van der Waals surface area contributed by atoms with Gasteiger partial charge in [0.25, 0.3) is 11.6 Å². The SMILES string of the molecule is O=C(NCCCCCCI)c1cc(F)c(F)cc1[N+](=O)[O-]. The summed E-state index contributed by atoms with van der Waals surface area (Å²) in [6, 6.07) is 0.976. The molecule has 1 aromatic carbocycles. The molecular formula is C13H15F2IN2O3. The van der Waals surface area contributed by atoms with Gasteiger partial charge in [-0.2, -0.15) is 0 Å². The normalized spacial score (nSPS) is 10.4. The highest BCUT2D eigenvalue weighted by Crippen LogP contribution is 2.22.